The Hall–Kier alpha value is 0.733. The predicted molar refractivity (Wildman–Crippen MR) is 64.7 cm³/mol. The Kier molecular flexibility index (Phi) is 53.0. The van der Waals surface area contributed by atoms with E-state index in [2.05, 4.69) is 58.3 Å². The molecule has 4 heteroatoms. The largest absolute Gasteiger partial charge is 2.00 e. The smallest absolute Gasteiger partial charge is 0.415 e. The summed E-state index contributed by atoms with van der Waals surface area (Å²) in [5, 5.41) is 0. The molecular weight excluding hydrogens is 252 g/mol. The topological polar surface area (TPSA) is 26.0 Å². The first-order valence-electron chi connectivity index (χ1n) is 4.11. The van der Waals surface area contributed by atoms with Gasteiger partial charge in [-0.05, 0) is 0 Å². The first-order valence-corrected chi connectivity index (χ1v) is 4.93. The molecule has 0 bridgehead atoms. The van der Waals surface area contributed by atoms with Crippen molar-refractivity contribution in [2.75, 3.05) is 0 Å². The second-order valence-electron chi connectivity index (χ2n) is 2.03. The van der Waals surface area contributed by atoms with Crippen LogP contribution in [0, 0.1) is 13.8 Å². The van der Waals surface area contributed by atoms with Crippen molar-refractivity contribution in [3.05, 3.63) is 13.8 Å². The Balaban J connectivity index is -0.0000000450. The number of hydrogen-bond acceptors (Lipinski definition) is 2. The second-order valence-corrected chi connectivity index (χ2v) is 3.16. The van der Waals surface area contributed by atoms with Gasteiger partial charge < -0.3 is 44.4 Å². The van der Waals surface area contributed by atoms with Crippen molar-refractivity contribution in [1.29, 1.82) is 0 Å². The van der Waals surface area contributed by atoms with Crippen molar-refractivity contribution in [3.8, 4) is 0 Å². The molecular formula is C9H20NS2Zn-. The number of unbranched alkanes of at least 4 members (excludes halogenated alkanes) is 2. The zero-order valence-electron chi connectivity index (χ0n) is 8.84. The molecule has 76 valence electrons. The molecule has 0 aliphatic carbocycles. The SMILES string of the molecule is NC(=S)[S-].[CH2-]CCC.[CH2-]CCC.[Zn+2]. The van der Waals surface area contributed by atoms with Gasteiger partial charge in [-0.3, -0.25) is 0 Å². The molecule has 0 atom stereocenters. The van der Waals surface area contributed by atoms with Crippen molar-refractivity contribution in [2.45, 2.75) is 39.5 Å². The minimum Gasteiger partial charge on any atom is -0.415 e. The molecule has 13 heavy (non-hydrogen) atoms. The standard InChI is InChI=1S/2C4H9.CH3NS2.Zn/c2*1-3-4-2;2-1(3)4;/h2*1,3-4H2,2H3;(H3,2,3,4);/q2*-1;;+2/p-1. The number of rotatable bonds is 2. The minimum absolute atomic E-state index is 0. The molecule has 2 N–H and O–H groups in total. The molecule has 0 saturated heterocycles. The summed E-state index contributed by atoms with van der Waals surface area (Å²) in [6.07, 6.45) is 4.56. The van der Waals surface area contributed by atoms with Crippen molar-refractivity contribution in [1.82, 2.24) is 0 Å². The van der Waals surface area contributed by atoms with E-state index < -0.39 is 0 Å². The van der Waals surface area contributed by atoms with Crippen LogP contribution in [0.25, 0.3) is 0 Å². The Morgan fingerprint density at radius 3 is 1.31 bits per heavy atom. The predicted octanol–water partition coefficient (Wildman–Crippen LogP) is 3.02. The van der Waals surface area contributed by atoms with Crippen LogP contribution in [0.3, 0.4) is 0 Å². The fraction of sp³-hybridized carbons (Fsp3) is 0.667. The van der Waals surface area contributed by atoms with Crippen molar-refractivity contribution in [2.24, 2.45) is 5.73 Å². The van der Waals surface area contributed by atoms with E-state index >= 15 is 0 Å². The average molecular weight is 272 g/mol. The van der Waals surface area contributed by atoms with Crippen LogP contribution in [0.1, 0.15) is 39.5 Å². The van der Waals surface area contributed by atoms with Crippen LogP contribution >= 0.6 is 12.2 Å². The maximum atomic E-state index is 4.66. The van der Waals surface area contributed by atoms with Crippen LogP contribution in [-0.2, 0) is 32.1 Å². The maximum absolute atomic E-state index is 4.66. The van der Waals surface area contributed by atoms with Gasteiger partial charge in [0.05, 0.1) is 0 Å². The van der Waals surface area contributed by atoms with Gasteiger partial charge in [0.15, 0.2) is 0 Å². The van der Waals surface area contributed by atoms with Gasteiger partial charge >= 0.3 is 19.5 Å². The fourth-order valence-electron chi connectivity index (χ4n) is 0. The van der Waals surface area contributed by atoms with E-state index in [4.69, 9.17) is 0 Å². The summed E-state index contributed by atoms with van der Waals surface area (Å²) in [6, 6.07) is 0. The number of nitrogens with two attached hydrogens (primary N) is 1. The molecule has 0 fully saturated rings. The molecule has 0 saturated carbocycles. The number of hydrogen-bond donors (Lipinski definition) is 1. The van der Waals surface area contributed by atoms with Gasteiger partial charge in [0, 0.05) is 0 Å². The van der Waals surface area contributed by atoms with Crippen LogP contribution in [0.2, 0.25) is 0 Å². The Labute approximate surface area is 107 Å². The van der Waals surface area contributed by atoms with E-state index in [1.165, 1.54) is 12.8 Å². The molecule has 0 heterocycles. The van der Waals surface area contributed by atoms with Crippen molar-refractivity contribution in [3.63, 3.8) is 0 Å². The van der Waals surface area contributed by atoms with Gasteiger partial charge in [-0.1, -0.05) is 31.0 Å². The Morgan fingerprint density at radius 1 is 1.23 bits per heavy atom. The molecule has 0 aliphatic rings. The average Bonchev–Trinajstić information content (AvgIpc) is 2.03. The van der Waals surface area contributed by atoms with E-state index in [1.807, 2.05) is 0 Å². The molecule has 1 nitrogen and oxygen atoms in total. The van der Waals surface area contributed by atoms with E-state index in [-0.39, 0.29) is 23.8 Å². The summed E-state index contributed by atoms with van der Waals surface area (Å²) in [6.45, 7) is 11.4. The van der Waals surface area contributed by atoms with Gasteiger partial charge in [0.1, 0.15) is 0 Å². The van der Waals surface area contributed by atoms with Gasteiger partial charge in [-0.15, -0.1) is 0 Å². The Morgan fingerprint density at radius 2 is 1.31 bits per heavy atom. The van der Waals surface area contributed by atoms with E-state index in [0.29, 0.717) is 0 Å². The Bertz CT molecular complexity index is 68.0. The molecule has 0 rings (SSSR count). The molecule has 0 amide bonds. The van der Waals surface area contributed by atoms with Crippen molar-refractivity contribution < 1.29 is 19.5 Å². The third kappa shape index (κ3) is 196. The maximum Gasteiger partial charge on any atom is 2.00 e. The first kappa shape index (κ1) is 23.5. The van der Waals surface area contributed by atoms with Gasteiger partial charge in [0.25, 0.3) is 0 Å². The molecule has 0 aliphatic heterocycles. The van der Waals surface area contributed by atoms with Crippen LogP contribution in [-0.4, -0.2) is 4.32 Å². The zero-order valence-corrected chi connectivity index (χ0v) is 13.4. The van der Waals surface area contributed by atoms with E-state index in [9.17, 15) is 0 Å². The molecule has 0 spiro atoms. The molecule has 0 aromatic rings. The van der Waals surface area contributed by atoms with E-state index in [1.54, 1.807) is 0 Å². The fourth-order valence-corrected chi connectivity index (χ4v) is 0. The normalized spacial score (nSPS) is 6.46. The second kappa shape index (κ2) is 29.3. The first-order chi connectivity index (χ1) is 5.56. The number of thiocarbonyl (C=S) groups is 1. The summed E-state index contributed by atoms with van der Waals surface area (Å²) < 4.78 is 0.0833. The summed E-state index contributed by atoms with van der Waals surface area (Å²) >= 11 is 8.26. The minimum atomic E-state index is 0. The van der Waals surface area contributed by atoms with Crippen LogP contribution < -0.4 is 5.73 Å². The summed E-state index contributed by atoms with van der Waals surface area (Å²) in [5.74, 6) is 0. The molecule has 0 radical (unpaired) electrons. The molecule has 0 aromatic carbocycles. The van der Waals surface area contributed by atoms with E-state index in [0.717, 1.165) is 12.8 Å². The zero-order chi connectivity index (χ0) is 10.4. The van der Waals surface area contributed by atoms with Gasteiger partial charge in [0.2, 0.25) is 0 Å². The van der Waals surface area contributed by atoms with Gasteiger partial charge in [-0.2, -0.15) is 12.8 Å². The quantitative estimate of drug-likeness (QED) is 0.362. The van der Waals surface area contributed by atoms with Crippen LogP contribution in [0.15, 0.2) is 0 Å². The van der Waals surface area contributed by atoms with Gasteiger partial charge in [-0.25, -0.2) is 0 Å². The summed E-state index contributed by atoms with van der Waals surface area (Å²) in [7, 11) is 0. The summed E-state index contributed by atoms with van der Waals surface area (Å²) in [4.78, 5) is 0. The molecule has 0 unspecified atom stereocenters. The monoisotopic (exact) mass is 270 g/mol. The third-order valence-corrected chi connectivity index (χ3v) is 0.707. The third-order valence-electron chi connectivity index (χ3n) is 0.707. The van der Waals surface area contributed by atoms with Crippen LogP contribution in [0.5, 0.6) is 0 Å². The molecule has 0 aromatic heterocycles. The van der Waals surface area contributed by atoms with Crippen molar-refractivity contribution >= 4 is 29.2 Å². The van der Waals surface area contributed by atoms with Crippen LogP contribution in [0.4, 0.5) is 0 Å². The summed E-state index contributed by atoms with van der Waals surface area (Å²) in [5.41, 5.74) is 4.66.